The number of aryl methyl sites for hydroxylation is 2. The summed E-state index contributed by atoms with van der Waals surface area (Å²) in [6, 6.07) is 8.32. The molecule has 2 rings (SSSR count). The lowest BCUT2D eigenvalue weighted by molar-refractivity contribution is 0.246. The largest absolute Gasteiger partial charge is 0.496 e. The number of hydrogen-bond donors (Lipinski definition) is 0. The van der Waals surface area contributed by atoms with Gasteiger partial charge in [-0.3, -0.25) is 9.58 Å². The average molecular weight is 308 g/mol. The molecule has 0 amide bonds. The van der Waals surface area contributed by atoms with Crippen LogP contribution >= 0.6 is 11.6 Å². The number of para-hydroxylation sites is 1. The Morgan fingerprint density at radius 3 is 2.62 bits per heavy atom. The molecule has 4 nitrogen and oxygen atoms in total. The van der Waals surface area contributed by atoms with Crippen molar-refractivity contribution in [2.45, 2.75) is 26.4 Å². The maximum Gasteiger partial charge on any atom is 0.131 e. The van der Waals surface area contributed by atoms with E-state index in [1.54, 1.807) is 11.8 Å². The van der Waals surface area contributed by atoms with Crippen molar-refractivity contribution >= 4 is 11.6 Å². The average Bonchev–Trinajstić information content (AvgIpc) is 2.72. The highest BCUT2D eigenvalue weighted by atomic mass is 35.5. The minimum absolute atomic E-state index is 0.219. The number of methoxy groups -OCH3 is 1. The van der Waals surface area contributed by atoms with Gasteiger partial charge in [-0.15, -0.1) is 0 Å². The Kier molecular flexibility index (Phi) is 4.91. The fraction of sp³-hybridized carbons (Fsp3) is 0.438. The molecule has 0 N–H and O–H groups in total. The molecule has 0 aliphatic carbocycles. The van der Waals surface area contributed by atoms with Gasteiger partial charge >= 0.3 is 0 Å². The Hall–Kier alpha value is -1.52. The molecule has 0 aliphatic heterocycles. The van der Waals surface area contributed by atoms with Crippen LogP contribution in [0.2, 0.25) is 5.15 Å². The van der Waals surface area contributed by atoms with Crippen molar-refractivity contribution in [2.75, 3.05) is 14.2 Å². The normalized spacial score (nSPS) is 12.7. The zero-order valence-electron chi connectivity index (χ0n) is 13.2. The van der Waals surface area contributed by atoms with Crippen molar-refractivity contribution in [3.63, 3.8) is 0 Å². The lowest BCUT2D eigenvalue weighted by Crippen LogP contribution is -2.22. The third-order valence-corrected chi connectivity index (χ3v) is 4.40. The van der Waals surface area contributed by atoms with E-state index < -0.39 is 0 Å². The minimum atomic E-state index is 0.219. The van der Waals surface area contributed by atoms with Gasteiger partial charge in [0.05, 0.1) is 12.8 Å². The zero-order valence-corrected chi connectivity index (χ0v) is 14.0. The van der Waals surface area contributed by atoms with Crippen LogP contribution in [-0.2, 0) is 13.6 Å². The van der Waals surface area contributed by atoms with Gasteiger partial charge in [0, 0.05) is 30.8 Å². The third kappa shape index (κ3) is 3.22. The van der Waals surface area contributed by atoms with Gasteiger partial charge in [-0.2, -0.15) is 5.10 Å². The fourth-order valence-corrected chi connectivity index (χ4v) is 2.72. The van der Waals surface area contributed by atoms with Crippen molar-refractivity contribution in [2.24, 2.45) is 7.05 Å². The van der Waals surface area contributed by atoms with Crippen LogP contribution in [0.3, 0.4) is 0 Å². The van der Waals surface area contributed by atoms with E-state index >= 15 is 0 Å². The molecular formula is C16H22ClN3O. The summed E-state index contributed by atoms with van der Waals surface area (Å²) in [4.78, 5) is 2.24. The molecule has 0 bridgehead atoms. The quantitative estimate of drug-likeness (QED) is 0.846. The highest BCUT2D eigenvalue weighted by Gasteiger charge is 2.19. The van der Waals surface area contributed by atoms with E-state index in [-0.39, 0.29) is 6.04 Å². The summed E-state index contributed by atoms with van der Waals surface area (Å²) in [6.45, 7) is 4.90. The highest BCUT2D eigenvalue weighted by molar-refractivity contribution is 6.30. The molecule has 0 unspecified atom stereocenters. The SMILES string of the molecule is COc1ccccc1[C@H](C)N(C)Cc1c(C)nn(C)c1Cl. The molecule has 2 aromatic rings. The van der Waals surface area contributed by atoms with E-state index in [0.29, 0.717) is 5.15 Å². The van der Waals surface area contributed by atoms with Crippen LogP contribution in [0, 0.1) is 6.92 Å². The van der Waals surface area contributed by atoms with Crippen molar-refractivity contribution in [1.29, 1.82) is 0 Å². The lowest BCUT2D eigenvalue weighted by Gasteiger charge is -2.26. The molecule has 114 valence electrons. The summed E-state index contributed by atoms with van der Waals surface area (Å²) < 4.78 is 7.17. The van der Waals surface area contributed by atoms with Crippen LogP contribution in [0.4, 0.5) is 0 Å². The van der Waals surface area contributed by atoms with E-state index in [9.17, 15) is 0 Å². The molecule has 0 saturated heterocycles. The molecule has 0 spiro atoms. The summed E-state index contributed by atoms with van der Waals surface area (Å²) >= 11 is 6.32. The van der Waals surface area contributed by atoms with Gasteiger partial charge in [0.25, 0.3) is 0 Å². The molecular weight excluding hydrogens is 286 g/mol. The van der Waals surface area contributed by atoms with Gasteiger partial charge in [-0.05, 0) is 27.0 Å². The second-order valence-electron chi connectivity index (χ2n) is 5.31. The standard InChI is InChI=1S/C16H22ClN3O/c1-11-14(16(17)20(4)18-11)10-19(3)12(2)13-8-6-7-9-15(13)21-5/h6-9,12H,10H2,1-5H3/t12-/m0/s1. The number of aromatic nitrogens is 2. The summed E-state index contributed by atoms with van der Waals surface area (Å²) in [6.07, 6.45) is 0. The monoisotopic (exact) mass is 307 g/mol. The molecule has 21 heavy (non-hydrogen) atoms. The fourth-order valence-electron chi connectivity index (χ4n) is 2.49. The van der Waals surface area contributed by atoms with Crippen molar-refractivity contribution < 1.29 is 4.74 Å². The van der Waals surface area contributed by atoms with Crippen LogP contribution in [0.25, 0.3) is 0 Å². The molecule has 1 heterocycles. The zero-order chi connectivity index (χ0) is 15.6. The predicted molar refractivity (Wildman–Crippen MR) is 85.8 cm³/mol. The summed E-state index contributed by atoms with van der Waals surface area (Å²) in [7, 11) is 5.65. The molecule has 0 fully saturated rings. The Morgan fingerprint density at radius 1 is 1.38 bits per heavy atom. The predicted octanol–water partition coefficient (Wildman–Crippen LogP) is 3.58. The second-order valence-corrected chi connectivity index (χ2v) is 5.67. The number of rotatable bonds is 5. The number of benzene rings is 1. The topological polar surface area (TPSA) is 30.3 Å². The van der Waals surface area contributed by atoms with Gasteiger partial charge in [-0.1, -0.05) is 29.8 Å². The molecule has 1 aromatic carbocycles. The Balaban J connectivity index is 2.21. The number of nitrogens with zero attached hydrogens (tertiary/aromatic N) is 3. The first-order chi connectivity index (χ1) is 9.95. The maximum absolute atomic E-state index is 6.32. The first-order valence-electron chi connectivity index (χ1n) is 6.96. The van der Waals surface area contributed by atoms with Crippen LogP contribution in [0.5, 0.6) is 5.75 Å². The van der Waals surface area contributed by atoms with Crippen molar-refractivity contribution in [3.8, 4) is 5.75 Å². The van der Waals surface area contributed by atoms with E-state index in [4.69, 9.17) is 16.3 Å². The third-order valence-electron chi connectivity index (χ3n) is 3.93. The number of hydrogen-bond acceptors (Lipinski definition) is 3. The molecule has 1 atom stereocenters. The van der Waals surface area contributed by atoms with Crippen LogP contribution < -0.4 is 4.74 Å². The smallest absolute Gasteiger partial charge is 0.131 e. The summed E-state index contributed by atoms with van der Waals surface area (Å²) in [5.74, 6) is 0.908. The maximum atomic E-state index is 6.32. The van der Waals surface area contributed by atoms with E-state index in [0.717, 1.165) is 23.6 Å². The van der Waals surface area contributed by atoms with Gasteiger partial charge in [0.1, 0.15) is 10.9 Å². The minimum Gasteiger partial charge on any atom is -0.496 e. The molecule has 0 aliphatic rings. The molecule has 5 heteroatoms. The Bertz CT molecular complexity index is 624. The second kappa shape index (κ2) is 6.50. The Morgan fingerprint density at radius 2 is 2.05 bits per heavy atom. The van der Waals surface area contributed by atoms with E-state index in [1.807, 2.05) is 32.2 Å². The number of ether oxygens (including phenoxy) is 1. The van der Waals surface area contributed by atoms with Gasteiger partial charge in [0.15, 0.2) is 0 Å². The van der Waals surface area contributed by atoms with E-state index in [2.05, 4.69) is 30.0 Å². The van der Waals surface area contributed by atoms with Gasteiger partial charge in [-0.25, -0.2) is 0 Å². The van der Waals surface area contributed by atoms with Crippen LogP contribution in [0.1, 0.15) is 29.8 Å². The first-order valence-corrected chi connectivity index (χ1v) is 7.34. The molecule has 0 saturated carbocycles. The van der Waals surface area contributed by atoms with Gasteiger partial charge < -0.3 is 4.74 Å². The van der Waals surface area contributed by atoms with Crippen molar-refractivity contribution in [1.82, 2.24) is 14.7 Å². The highest BCUT2D eigenvalue weighted by Crippen LogP contribution is 2.30. The Labute approximate surface area is 131 Å². The lowest BCUT2D eigenvalue weighted by atomic mass is 10.1. The number of halogens is 1. The van der Waals surface area contributed by atoms with E-state index in [1.165, 1.54) is 5.56 Å². The summed E-state index contributed by atoms with van der Waals surface area (Å²) in [5.41, 5.74) is 3.21. The molecule has 1 aromatic heterocycles. The van der Waals surface area contributed by atoms with Crippen LogP contribution in [-0.4, -0.2) is 28.8 Å². The van der Waals surface area contributed by atoms with Gasteiger partial charge in [0.2, 0.25) is 0 Å². The molecule has 0 radical (unpaired) electrons. The van der Waals surface area contributed by atoms with Crippen LogP contribution in [0.15, 0.2) is 24.3 Å². The summed E-state index contributed by atoms with van der Waals surface area (Å²) in [5, 5.41) is 5.06. The van der Waals surface area contributed by atoms with Crippen molar-refractivity contribution in [3.05, 3.63) is 46.2 Å². The first kappa shape index (κ1) is 15.9.